The Balaban J connectivity index is 2.98. The maximum Gasteiger partial charge on any atom is 0.340 e. The summed E-state index contributed by atoms with van der Waals surface area (Å²) in [5.74, 6) is -0.447. The van der Waals surface area contributed by atoms with Crippen LogP contribution in [0.3, 0.4) is 0 Å². The number of rotatable bonds is 2. The Bertz CT molecular complexity index is 781. The van der Waals surface area contributed by atoms with E-state index in [0.717, 1.165) is 4.57 Å². The predicted molar refractivity (Wildman–Crippen MR) is 77.7 cm³/mol. The van der Waals surface area contributed by atoms with Crippen LogP contribution < -0.4 is 5.69 Å². The molecule has 0 bridgehead atoms. The number of allylic oxidation sites excluding steroid dienone is 2. The average Bonchev–Trinajstić information content (AvgIpc) is 2.59. The normalized spacial score (nSPS) is 10.7. The van der Waals surface area contributed by atoms with Crippen LogP contribution in [0.15, 0.2) is 41.7 Å². The van der Waals surface area contributed by atoms with Crippen LogP contribution in [0.1, 0.15) is 18.6 Å². The minimum Gasteiger partial charge on any atom is -0.269 e. The highest BCUT2D eigenvalue weighted by molar-refractivity contribution is 6.31. The van der Waals surface area contributed by atoms with Crippen molar-refractivity contribution < 1.29 is 4.79 Å². The number of hydrogen-bond acceptors (Lipinski definition) is 2. The van der Waals surface area contributed by atoms with Crippen molar-refractivity contribution in [2.45, 2.75) is 13.8 Å². The fourth-order valence-corrected chi connectivity index (χ4v) is 2.09. The molecular weight excluding hydrogens is 264 g/mol. The number of aromatic nitrogens is 2. The van der Waals surface area contributed by atoms with Gasteiger partial charge in [-0.2, -0.15) is 0 Å². The van der Waals surface area contributed by atoms with E-state index in [-0.39, 0.29) is 5.57 Å². The predicted octanol–water partition coefficient (Wildman–Crippen LogP) is 3.16. The van der Waals surface area contributed by atoms with Crippen molar-refractivity contribution in [2.24, 2.45) is 0 Å². The fourth-order valence-electron chi connectivity index (χ4n) is 1.93. The van der Waals surface area contributed by atoms with Gasteiger partial charge in [0.25, 0.3) is 5.91 Å². The van der Waals surface area contributed by atoms with E-state index in [4.69, 9.17) is 11.6 Å². The van der Waals surface area contributed by atoms with Gasteiger partial charge in [-0.1, -0.05) is 24.8 Å². The van der Waals surface area contributed by atoms with Gasteiger partial charge < -0.3 is 0 Å². The van der Waals surface area contributed by atoms with Gasteiger partial charge in [0, 0.05) is 16.3 Å². The van der Waals surface area contributed by atoms with Crippen LogP contribution in [0.25, 0.3) is 16.7 Å². The molecule has 0 atom stereocenters. The van der Waals surface area contributed by atoms with Crippen LogP contribution in [-0.2, 0) is 0 Å². The molecule has 1 aromatic carbocycles. The summed E-state index contributed by atoms with van der Waals surface area (Å²) in [7, 11) is 0. The smallest absolute Gasteiger partial charge is 0.269 e. The molecule has 0 saturated heterocycles. The lowest BCUT2D eigenvalue weighted by molar-refractivity contribution is 0.0956. The first kappa shape index (κ1) is 13.4. The van der Waals surface area contributed by atoms with Crippen molar-refractivity contribution in [1.29, 1.82) is 0 Å². The minimum atomic E-state index is -0.460. The van der Waals surface area contributed by atoms with Gasteiger partial charge in [0.2, 0.25) is 0 Å². The second-order valence-electron chi connectivity index (χ2n) is 4.41. The maximum atomic E-state index is 12.3. The summed E-state index contributed by atoms with van der Waals surface area (Å²) in [6, 6.07) is 4.94. The van der Waals surface area contributed by atoms with Crippen molar-refractivity contribution in [1.82, 2.24) is 9.13 Å². The quantitative estimate of drug-likeness (QED) is 0.791. The van der Waals surface area contributed by atoms with Gasteiger partial charge in [-0.25, -0.2) is 9.36 Å². The first-order valence-electron chi connectivity index (χ1n) is 5.63. The molecule has 0 unspecified atom stereocenters. The van der Waals surface area contributed by atoms with Gasteiger partial charge >= 0.3 is 5.69 Å². The molecule has 0 fully saturated rings. The van der Waals surface area contributed by atoms with Crippen molar-refractivity contribution in [3.63, 3.8) is 0 Å². The third-order valence-corrected chi connectivity index (χ3v) is 2.99. The average molecular weight is 277 g/mol. The summed E-state index contributed by atoms with van der Waals surface area (Å²) in [5, 5.41) is 0.453. The highest BCUT2D eigenvalue weighted by Crippen LogP contribution is 2.21. The lowest BCUT2D eigenvalue weighted by Gasteiger charge is -2.00. The topological polar surface area (TPSA) is 44.0 Å². The number of imidazole rings is 1. The number of carbonyl (C=O) groups is 1. The van der Waals surface area contributed by atoms with Crippen molar-refractivity contribution in [2.75, 3.05) is 0 Å². The first-order chi connectivity index (χ1) is 8.84. The molecule has 0 N–H and O–H groups in total. The van der Waals surface area contributed by atoms with E-state index in [2.05, 4.69) is 13.2 Å². The molecule has 19 heavy (non-hydrogen) atoms. The van der Waals surface area contributed by atoms with Gasteiger partial charge in [0.05, 0.1) is 11.0 Å². The van der Waals surface area contributed by atoms with Crippen LogP contribution in [0.2, 0.25) is 5.02 Å². The number of nitrogens with zero attached hydrogens (tertiary/aromatic N) is 2. The third kappa shape index (κ3) is 2.04. The largest absolute Gasteiger partial charge is 0.340 e. The number of carbonyl (C=O) groups excluding carboxylic acids is 1. The van der Waals surface area contributed by atoms with Gasteiger partial charge in [-0.05, 0) is 32.0 Å². The third-order valence-electron chi connectivity index (χ3n) is 2.75. The molecule has 0 aliphatic heterocycles. The van der Waals surface area contributed by atoms with Crippen LogP contribution in [0.5, 0.6) is 0 Å². The SMILES string of the molecule is C=C(C)C(=O)n1c(=O)n(C(=C)C)c2ccc(Cl)cc21. The van der Waals surface area contributed by atoms with E-state index in [0.29, 0.717) is 21.8 Å². The van der Waals surface area contributed by atoms with Crippen LogP contribution >= 0.6 is 11.6 Å². The van der Waals surface area contributed by atoms with Gasteiger partial charge in [0.1, 0.15) is 0 Å². The number of halogens is 1. The van der Waals surface area contributed by atoms with Gasteiger partial charge in [-0.15, -0.1) is 0 Å². The maximum absolute atomic E-state index is 12.3. The Kier molecular flexibility index (Phi) is 3.20. The number of fused-ring (bicyclic) bond motifs is 1. The number of benzene rings is 1. The van der Waals surface area contributed by atoms with Crippen LogP contribution in [-0.4, -0.2) is 15.0 Å². The molecule has 0 saturated carbocycles. The van der Waals surface area contributed by atoms with Crippen molar-refractivity contribution in [3.05, 3.63) is 52.4 Å². The molecular formula is C14H13ClN2O2. The minimum absolute atomic E-state index is 0.280. The summed E-state index contributed by atoms with van der Waals surface area (Å²) < 4.78 is 2.45. The van der Waals surface area contributed by atoms with Crippen molar-refractivity contribution in [3.8, 4) is 0 Å². The molecule has 4 nitrogen and oxygen atoms in total. The highest BCUT2D eigenvalue weighted by atomic mass is 35.5. The zero-order chi connectivity index (χ0) is 14.3. The van der Waals surface area contributed by atoms with E-state index < -0.39 is 11.6 Å². The highest BCUT2D eigenvalue weighted by Gasteiger charge is 2.19. The Morgan fingerprint density at radius 1 is 1.16 bits per heavy atom. The summed E-state index contributed by atoms with van der Waals surface area (Å²) in [6.07, 6.45) is 0. The molecule has 0 amide bonds. The molecule has 0 radical (unpaired) electrons. The number of hydrogen-bond donors (Lipinski definition) is 0. The second kappa shape index (κ2) is 4.55. The lowest BCUT2D eigenvalue weighted by Crippen LogP contribution is -2.28. The molecule has 1 heterocycles. The second-order valence-corrected chi connectivity index (χ2v) is 4.84. The molecule has 2 aromatic rings. The summed E-state index contributed by atoms with van der Waals surface area (Å²) in [4.78, 5) is 24.5. The van der Waals surface area contributed by atoms with E-state index in [1.165, 1.54) is 4.57 Å². The molecule has 5 heteroatoms. The Hall–Kier alpha value is -2.07. The van der Waals surface area contributed by atoms with Crippen LogP contribution in [0.4, 0.5) is 0 Å². The van der Waals surface area contributed by atoms with E-state index in [1.807, 2.05) is 0 Å². The van der Waals surface area contributed by atoms with E-state index in [9.17, 15) is 9.59 Å². The Labute approximate surface area is 115 Å². The standard InChI is InChI=1S/C14H13ClN2O2/c1-8(2)13(18)17-12-7-10(15)5-6-11(12)16(9(3)4)14(17)19/h5-7H,1,3H2,2,4H3. The molecule has 1 aromatic heterocycles. The zero-order valence-electron chi connectivity index (χ0n) is 10.7. The van der Waals surface area contributed by atoms with Crippen LogP contribution in [0, 0.1) is 0 Å². The molecule has 0 aliphatic rings. The lowest BCUT2D eigenvalue weighted by atomic mass is 10.3. The van der Waals surface area contributed by atoms with E-state index >= 15 is 0 Å². The molecule has 0 aliphatic carbocycles. The monoisotopic (exact) mass is 276 g/mol. The fraction of sp³-hybridized carbons (Fsp3) is 0.143. The Morgan fingerprint density at radius 2 is 1.79 bits per heavy atom. The zero-order valence-corrected chi connectivity index (χ0v) is 11.5. The Morgan fingerprint density at radius 3 is 2.32 bits per heavy atom. The van der Waals surface area contributed by atoms with Gasteiger partial charge in [-0.3, -0.25) is 9.36 Å². The summed E-state index contributed by atoms with van der Waals surface area (Å²) in [6.45, 7) is 10.6. The summed E-state index contributed by atoms with van der Waals surface area (Å²) in [5.41, 5.74) is 1.40. The van der Waals surface area contributed by atoms with E-state index in [1.54, 1.807) is 32.0 Å². The van der Waals surface area contributed by atoms with Crippen molar-refractivity contribution >= 4 is 34.2 Å². The molecule has 0 spiro atoms. The first-order valence-corrected chi connectivity index (χ1v) is 6.01. The summed E-state index contributed by atoms with van der Waals surface area (Å²) >= 11 is 5.94. The van der Waals surface area contributed by atoms with Gasteiger partial charge in [0.15, 0.2) is 0 Å². The molecule has 98 valence electrons. The molecule has 2 rings (SSSR count).